The van der Waals surface area contributed by atoms with Gasteiger partial charge in [0, 0.05) is 5.56 Å². The van der Waals surface area contributed by atoms with Gasteiger partial charge in [-0.1, -0.05) is 29.8 Å². The molecule has 24 heavy (non-hydrogen) atoms. The highest BCUT2D eigenvalue weighted by Crippen LogP contribution is 2.25. The maximum atomic E-state index is 12.2. The Hall–Kier alpha value is -3.15. The summed E-state index contributed by atoms with van der Waals surface area (Å²) in [5.74, 6) is -0.238. The van der Waals surface area contributed by atoms with Crippen molar-refractivity contribution in [3.8, 4) is 17.2 Å². The molecule has 0 amide bonds. The minimum Gasteiger partial charge on any atom is -0.507 e. The zero-order valence-corrected chi connectivity index (χ0v) is 13.3. The highest BCUT2D eigenvalue weighted by atomic mass is 16.6. The van der Waals surface area contributed by atoms with Crippen LogP contribution in [0.25, 0.3) is 11.5 Å². The van der Waals surface area contributed by atoms with Crippen molar-refractivity contribution in [2.75, 3.05) is 0 Å². The molecule has 3 rings (SSSR count). The van der Waals surface area contributed by atoms with Crippen molar-refractivity contribution in [2.24, 2.45) is 0 Å². The van der Waals surface area contributed by atoms with Crippen molar-refractivity contribution < 1.29 is 19.1 Å². The number of nitrogens with zero attached hydrogens (tertiary/aromatic N) is 2. The third kappa shape index (κ3) is 3.27. The molecule has 0 aliphatic carbocycles. The molecule has 0 saturated carbocycles. The zero-order valence-electron chi connectivity index (χ0n) is 13.3. The number of aromatic nitrogens is 2. The fraction of sp³-hybridized carbons (Fsp3) is 0.167. The molecule has 6 nitrogen and oxygen atoms in total. The van der Waals surface area contributed by atoms with Gasteiger partial charge in [0.05, 0.1) is 0 Å². The Balaban J connectivity index is 1.75. The average molecular weight is 324 g/mol. The highest BCUT2D eigenvalue weighted by molar-refractivity contribution is 5.92. The lowest BCUT2D eigenvalue weighted by atomic mass is 10.1. The predicted octanol–water partition coefficient (Wildman–Crippen LogP) is 3.67. The first kappa shape index (κ1) is 15.7. The summed E-state index contributed by atoms with van der Waals surface area (Å²) in [4.78, 5) is 12.2. The number of phenols is 1. The lowest BCUT2D eigenvalue weighted by molar-refractivity contribution is 0.0276. The SMILES string of the molecule is Cc1ccc(O)c(C(=O)OC(C)c2nnc(-c3ccccc3)o2)c1. The van der Waals surface area contributed by atoms with Crippen LogP contribution in [-0.4, -0.2) is 21.3 Å². The van der Waals surface area contributed by atoms with E-state index in [2.05, 4.69) is 10.2 Å². The third-order valence-corrected chi connectivity index (χ3v) is 3.46. The molecule has 3 aromatic rings. The summed E-state index contributed by atoms with van der Waals surface area (Å²) in [7, 11) is 0. The molecule has 0 fully saturated rings. The highest BCUT2D eigenvalue weighted by Gasteiger charge is 2.21. The monoisotopic (exact) mass is 324 g/mol. The second kappa shape index (κ2) is 6.54. The van der Waals surface area contributed by atoms with Gasteiger partial charge in [-0.3, -0.25) is 0 Å². The molecule has 1 N–H and O–H groups in total. The fourth-order valence-electron chi connectivity index (χ4n) is 2.18. The van der Waals surface area contributed by atoms with Crippen LogP contribution in [0, 0.1) is 6.92 Å². The maximum absolute atomic E-state index is 12.2. The van der Waals surface area contributed by atoms with Crippen molar-refractivity contribution >= 4 is 5.97 Å². The van der Waals surface area contributed by atoms with Gasteiger partial charge in [-0.05, 0) is 38.1 Å². The summed E-state index contributed by atoms with van der Waals surface area (Å²) in [5, 5.41) is 17.7. The van der Waals surface area contributed by atoms with Gasteiger partial charge in [0.2, 0.25) is 5.89 Å². The topological polar surface area (TPSA) is 85.5 Å². The summed E-state index contributed by atoms with van der Waals surface area (Å²) in [6.07, 6.45) is -0.734. The Morgan fingerprint density at radius 3 is 2.67 bits per heavy atom. The first-order chi connectivity index (χ1) is 11.5. The number of aromatic hydroxyl groups is 1. The van der Waals surface area contributed by atoms with Gasteiger partial charge in [0.1, 0.15) is 11.3 Å². The van der Waals surface area contributed by atoms with Crippen molar-refractivity contribution in [1.29, 1.82) is 0 Å². The van der Waals surface area contributed by atoms with Crippen molar-refractivity contribution in [3.63, 3.8) is 0 Å². The first-order valence-electron chi connectivity index (χ1n) is 7.44. The summed E-state index contributed by atoms with van der Waals surface area (Å²) in [6.45, 7) is 3.46. The van der Waals surface area contributed by atoms with Crippen LogP contribution in [0.3, 0.4) is 0 Å². The van der Waals surface area contributed by atoms with Gasteiger partial charge < -0.3 is 14.3 Å². The standard InChI is InChI=1S/C18H16N2O4/c1-11-8-9-15(21)14(10-11)18(22)23-12(2)16-19-20-17(24-16)13-6-4-3-5-7-13/h3-10,12,21H,1-2H3. The van der Waals surface area contributed by atoms with Crippen LogP contribution in [0.4, 0.5) is 0 Å². The van der Waals surface area contributed by atoms with E-state index in [4.69, 9.17) is 9.15 Å². The average Bonchev–Trinajstić information content (AvgIpc) is 3.08. The van der Waals surface area contributed by atoms with Gasteiger partial charge in [0.15, 0.2) is 6.10 Å². The van der Waals surface area contributed by atoms with E-state index in [1.54, 1.807) is 19.1 Å². The third-order valence-electron chi connectivity index (χ3n) is 3.46. The molecule has 122 valence electrons. The molecule has 6 heteroatoms. The summed E-state index contributed by atoms with van der Waals surface area (Å²) >= 11 is 0. The molecule has 0 spiro atoms. The number of hydrogen-bond donors (Lipinski definition) is 1. The van der Waals surface area contributed by atoms with Crippen LogP contribution in [-0.2, 0) is 4.74 Å². The Morgan fingerprint density at radius 2 is 1.92 bits per heavy atom. The number of carbonyl (C=O) groups excluding carboxylic acids is 1. The lowest BCUT2D eigenvalue weighted by Crippen LogP contribution is -2.10. The summed E-state index contributed by atoms with van der Waals surface area (Å²) in [6, 6.07) is 14.0. The minimum atomic E-state index is -0.734. The van der Waals surface area contributed by atoms with E-state index < -0.39 is 12.1 Å². The van der Waals surface area contributed by atoms with Crippen LogP contribution in [0.2, 0.25) is 0 Å². The second-order valence-corrected chi connectivity index (χ2v) is 5.38. The quantitative estimate of drug-likeness (QED) is 0.737. The summed E-state index contributed by atoms with van der Waals surface area (Å²) < 4.78 is 10.9. The van der Waals surface area contributed by atoms with Crippen LogP contribution >= 0.6 is 0 Å². The summed E-state index contributed by atoms with van der Waals surface area (Å²) in [5.41, 5.74) is 1.73. The number of esters is 1. The molecule has 0 aliphatic heterocycles. The number of ether oxygens (including phenoxy) is 1. The van der Waals surface area contributed by atoms with E-state index in [1.807, 2.05) is 37.3 Å². The number of aryl methyl sites for hydroxylation is 1. The number of rotatable bonds is 4. The van der Waals surface area contributed by atoms with Crippen LogP contribution in [0.5, 0.6) is 5.75 Å². The molecule has 0 bridgehead atoms. The van der Waals surface area contributed by atoms with E-state index in [9.17, 15) is 9.90 Å². The molecule has 1 atom stereocenters. The molecule has 0 radical (unpaired) electrons. The Kier molecular flexibility index (Phi) is 4.29. The van der Waals surface area contributed by atoms with Crippen molar-refractivity contribution in [3.05, 3.63) is 65.5 Å². The predicted molar refractivity (Wildman–Crippen MR) is 86.4 cm³/mol. The largest absolute Gasteiger partial charge is 0.507 e. The van der Waals surface area contributed by atoms with Crippen LogP contribution in [0.1, 0.15) is 34.8 Å². The molecule has 1 aromatic heterocycles. The molecular weight excluding hydrogens is 308 g/mol. The molecule has 0 aliphatic rings. The Bertz CT molecular complexity index is 858. The Morgan fingerprint density at radius 1 is 1.17 bits per heavy atom. The van der Waals surface area contributed by atoms with E-state index >= 15 is 0 Å². The number of hydrogen-bond acceptors (Lipinski definition) is 6. The number of carbonyl (C=O) groups is 1. The van der Waals surface area contributed by atoms with Gasteiger partial charge in [0.25, 0.3) is 5.89 Å². The van der Waals surface area contributed by atoms with E-state index in [0.29, 0.717) is 5.89 Å². The van der Waals surface area contributed by atoms with E-state index in [0.717, 1.165) is 11.1 Å². The number of phenolic OH excluding ortho intramolecular Hbond substituents is 1. The van der Waals surface area contributed by atoms with Crippen molar-refractivity contribution in [2.45, 2.75) is 20.0 Å². The van der Waals surface area contributed by atoms with Gasteiger partial charge in [-0.25, -0.2) is 4.79 Å². The smallest absolute Gasteiger partial charge is 0.342 e. The minimum absolute atomic E-state index is 0.102. The van der Waals surface area contributed by atoms with Gasteiger partial charge >= 0.3 is 5.97 Å². The van der Waals surface area contributed by atoms with E-state index in [1.165, 1.54) is 6.07 Å². The molecular formula is C18H16N2O4. The first-order valence-corrected chi connectivity index (χ1v) is 7.44. The van der Waals surface area contributed by atoms with Crippen molar-refractivity contribution in [1.82, 2.24) is 10.2 Å². The van der Waals surface area contributed by atoms with Crippen LogP contribution in [0.15, 0.2) is 52.9 Å². The molecule has 2 aromatic carbocycles. The van der Waals surface area contributed by atoms with E-state index in [-0.39, 0.29) is 17.2 Å². The normalized spacial score (nSPS) is 11.9. The molecule has 0 saturated heterocycles. The molecule has 1 unspecified atom stereocenters. The van der Waals surface area contributed by atoms with Crippen LogP contribution < -0.4 is 0 Å². The zero-order chi connectivity index (χ0) is 17.1. The van der Waals surface area contributed by atoms with Gasteiger partial charge in [-0.15, -0.1) is 10.2 Å². The maximum Gasteiger partial charge on any atom is 0.342 e. The Labute approximate surface area is 138 Å². The number of benzene rings is 2. The lowest BCUT2D eigenvalue weighted by Gasteiger charge is -2.10. The molecule has 1 heterocycles. The van der Waals surface area contributed by atoms with Gasteiger partial charge in [-0.2, -0.15) is 0 Å². The second-order valence-electron chi connectivity index (χ2n) is 5.38. The fourth-order valence-corrected chi connectivity index (χ4v) is 2.18.